The number of thiazole rings is 1. The third-order valence-corrected chi connectivity index (χ3v) is 3.88. The van der Waals surface area contributed by atoms with Gasteiger partial charge in [-0.15, -0.1) is 11.3 Å². The van der Waals surface area contributed by atoms with Crippen LogP contribution >= 0.6 is 11.3 Å². The van der Waals surface area contributed by atoms with Crippen LogP contribution in [-0.4, -0.2) is 9.38 Å². The molecule has 0 aliphatic heterocycles. The van der Waals surface area contributed by atoms with Crippen molar-refractivity contribution in [2.45, 2.75) is 13.3 Å². The Labute approximate surface area is 109 Å². The monoisotopic (exact) mass is 253 g/mol. The van der Waals surface area contributed by atoms with Crippen LogP contribution in [0.5, 0.6) is 0 Å². The maximum Gasteiger partial charge on any atom is 0.194 e. The number of benzene rings is 1. The van der Waals surface area contributed by atoms with Gasteiger partial charge in [0, 0.05) is 4.88 Å². The zero-order chi connectivity index (χ0) is 12.5. The molecule has 0 saturated heterocycles. The molecule has 1 aromatic carbocycles. The van der Waals surface area contributed by atoms with Crippen LogP contribution in [0, 0.1) is 18.3 Å². The topological polar surface area (TPSA) is 41.1 Å². The van der Waals surface area contributed by atoms with Crippen LogP contribution in [0.4, 0.5) is 0 Å². The summed E-state index contributed by atoms with van der Waals surface area (Å²) >= 11 is 1.66. The van der Waals surface area contributed by atoms with Gasteiger partial charge in [0.05, 0.1) is 30.1 Å². The van der Waals surface area contributed by atoms with Gasteiger partial charge in [-0.05, 0) is 12.5 Å². The van der Waals surface area contributed by atoms with E-state index in [-0.39, 0.29) is 0 Å². The van der Waals surface area contributed by atoms with Gasteiger partial charge < -0.3 is 0 Å². The number of nitriles is 1. The molecule has 0 radical (unpaired) electrons. The van der Waals surface area contributed by atoms with E-state index < -0.39 is 0 Å². The average Bonchev–Trinajstić information content (AvgIpc) is 2.90. The van der Waals surface area contributed by atoms with Crippen molar-refractivity contribution in [3.63, 3.8) is 0 Å². The minimum Gasteiger partial charge on any atom is -0.286 e. The smallest absolute Gasteiger partial charge is 0.194 e. The van der Waals surface area contributed by atoms with Crippen molar-refractivity contribution < 1.29 is 0 Å². The molecule has 18 heavy (non-hydrogen) atoms. The summed E-state index contributed by atoms with van der Waals surface area (Å²) in [5, 5.41) is 8.88. The van der Waals surface area contributed by atoms with E-state index >= 15 is 0 Å². The summed E-state index contributed by atoms with van der Waals surface area (Å²) in [4.78, 5) is 6.56. The normalized spacial score (nSPS) is 10.7. The fraction of sp³-hybridized carbons (Fsp3) is 0.143. The Morgan fingerprint density at radius 3 is 2.83 bits per heavy atom. The highest BCUT2D eigenvalue weighted by Gasteiger charge is 2.14. The summed E-state index contributed by atoms with van der Waals surface area (Å²) in [6, 6.07) is 12.4. The van der Waals surface area contributed by atoms with Gasteiger partial charge in [-0.2, -0.15) is 5.26 Å². The predicted octanol–water partition coefficient (Wildman–Crippen LogP) is 3.44. The second-order valence-electron chi connectivity index (χ2n) is 4.08. The number of imidazole rings is 1. The Morgan fingerprint density at radius 2 is 2.11 bits per heavy atom. The van der Waals surface area contributed by atoms with Crippen LogP contribution in [0.25, 0.3) is 16.2 Å². The fourth-order valence-electron chi connectivity index (χ4n) is 2.16. The van der Waals surface area contributed by atoms with Gasteiger partial charge in [0.1, 0.15) is 0 Å². The van der Waals surface area contributed by atoms with Gasteiger partial charge in [0.25, 0.3) is 0 Å². The lowest BCUT2D eigenvalue weighted by atomic mass is 10.1. The second-order valence-corrected chi connectivity index (χ2v) is 5.26. The van der Waals surface area contributed by atoms with Crippen LogP contribution < -0.4 is 0 Å². The molecule has 0 saturated carbocycles. The third kappa shape index (κ3) is 1.60. The summed E-state index contributed by atoms with van der Waals surface area (Å²) in [6.07, 6.45) is 2.18. The second kappa shape index (κ2) is 4.28. The van der Waals surface area contributed by atoms with E-state index in [1.165, 1.54) is 10.4 Å². The molecule has 0 unspecified atom stereocenters. The molecule has 0 amide bonds. The molecule has 0 atom stereocenters. The highest BCUT2D eigenvalue weighted by atomic mass is 32.1. The first-order valence-corrected chi connectivity index (χ1v) is 6.51. The van der Waals surface area contributed by atoms with Crippen LogP contribution in [-0.2, 0) is 6.42 Å². The van der Waals surface area contributed by atoms with Crippen molar-refractivity contribution >= 4 is 16.3 Å². The lowest BCUT2D eigenvalue weighted by molar-refractivity contribution is 1.07. The molecule has 0 aliphatic rings. The molecular formula is C14H11N3S. The predicted molar refractivity (Wildman–Crippen MR) is 72.6 cm³/mol. The van der Waals surface area contributed by atoms with Gasteiger partial charge in [0.15, 0.2) is 4.96 Å². The van der Waals surface area contributed by atoms with Crippen molar-refractivity contribution in [3.8, 4) is 17.3 Å². The molecular weight excluding hydrogens is 242 g/mol. The number of fused-ring (bicyclic) bond motifs is 1. The van der Waals surface area contributed by atoms with Crippen molar-refractivity contribution in [2.75, 3.05) is 0 Å². The molecule has 0 fully saturated rings. The number of aryl methyl sites for hydroxylation is 1. The summed E-state index contributed by atoms with van der Waals surface area (Å²) in [7, 11) is 0. The largest absolute Gasteiger partial charge is 0.286 e. The van der Waals surface area contributed by atoms with Crippen molar-refractivity contribution in [2.24, 2.45) is 0 Å². The molecule has 0 N–H and O–H groups in total. The Morgan fingerprint density at radius 1 is 1.33 bits per heavy atom. The zero-order valence-corrected chi connectivity index (χ0v) is 10.7. The highest BCUT2D eigenvalue weighted by molar-refractivity contribution is 7.17. The van der Waals surface area contributed by atoms with Crippen LogP contribution in [0.2, 0.25) is 0 Å². The van der Waals surface area contributed by atoms with E-state index in [0.717, 1.165) is 16.3 Å². The van der Waals surface area contributed by atoms with E-state index in [2.05, 4.69) is 34.5 Å². The SMILES string of the molecule is Cc1sc2ncc(CC#N)n2c1-c1ccccc1. The van der Waals surface area contributed by atoms with E-state index in [4.69, 9.17) is 5.26 Å². The minimum atomic E-state index is 0.386. The number of hydrogen-bond acceptors (Lipinski definition) is 3. The van der Waals surface area contributed by atoms with E-state index in [9.17, 15) is 0 Å². The van der Waals surface area contributed by atoms with Gasteiger partial charge in [0.2, 0.25) is 0 Å². The minimum absolute atomic E-state index is 0.386. The highest BCUT2D eigenvalue weighted by Crippen LogP contribution is 2.31. The lowest BCUT2D eigenvalue weighted by Gasteiger charge is -2.03. The summed E-state index contributed by atoms with van der Waals surface area (Å²) in [5.41, 5.74) is 3.27. The van der Waals surface area contributed by atoms with Crippen LogP contribution in [0.15, 0.2) is 36.5 Å². The molecule has 3 nitrogen and oxygen atoms in total. The van der Waals surface area contributed by atoms with Gasteiger partial charge in [-0.3, -0.25) is 4.40 Å². The first-order chi connectivity index (χ1) is 8.81. The molecule has 2 aromatic heterocycles. The average molecular weight is 253 g/mol. The number of nitrogens with zero attached hydrogens (tertiary/aromatic N) is 3. The molecule has 3 rings (SSSR count). The third-order valence-electron chi connectivity index (χ3n) is 2.91. The number of hydrogen-bond donors (Lipinski definition) is 0. The molecule has 88 valence electrons. The standard InChI is InChI=1S/C14H11N3S/c1-10-13(11-5-3-2-4-6-11)17-12(7-8-15)9-16-14(17)18-10/h2-6,9H,7H2,1H3. The summed E-state index contributed by atoms with van der Waals surface area (Å²) in [5.74, 6) is 0. The van der Waals surface area contributed by atoms with Crippen LogP contribution in [0.3, 0.4) is 0 Å². The quantitative estimate of drug-likeness (QED) is 0.702. The molecule has 0 aliphatic carbocycles. The van der Waals surface area contributed by atoms with E-state index in [0.29, 0.717) is 6.42 Å². The first-order valence-electron chi connectivity index (χ1n) is 5.69. The Kier molecular flexibility index (Phi) is 2.62. The summed E-state index contributed by atoms with van der Waals surface area (Å²) < 4.78 is 2.10. The molecule has 0 spiro atoms. The Bertz CT molecular complexity index is 732. The first kappa shape index (κ1) is 11.0. The Hall–Kier alpha value is -2.12. The lowest BCUT2D eigenvalue weighted by Crippen LogP contribution is -1.93. The molecule has 2 heterocycles. The summed E-state index contributed by atoms with van der Waals surface area (Å²) in [6.45, 7) is 2.10. The zero-order valence-electron chi connectivity index (χ0n) is 9.92. The van der Waals surface area contributed by atoms with E-state index in [1.54, 1.807) is 17.5 Å². The van der Waals surface area contributed by atoms with E-state index in [1.807, 2.05) is 18.2 Å². The Balaban J connectivity index is 2.31. The molecule has 0 bridgehead atoms. The molecule has 3 aromatic rings. The maximum absolute atomic E-state index is 8.88. The van der Waals surface area contributed by atoms with Crippen molar-refractivity contribution in [3.05, 3.63) is 47.1 Å². The van der Waals surface area contributed by atoms with Crippen molar-refractivity contribution in [1.82, 2.24) is 9.38 Å². The van der Waals surface area contributed by atoms with Gasteiger partial charge in [-0.25, -0.2) is 4.98 Å². The fourth-order valence-corrected chi connectivity index (χ4v) is 3.14. The van der Waals surface area contributed by atoms with Crippen LogP contribution in [0.1, 0.15) is 10.6 Å². The molecule has 4 heteroatoms. The number of aromatic nitrogens is 2. The van der Waals surface area contributed by atoms with Gasteiger partial charge >= 0.3 is 0 Å². The van der Waals surface area contributed by atoms with Gasteiger partial charge in [-0.1, -0.05) is 30.3 Å². The maximum atomic E-state index is 8.88. The number of rotatable bonds is 2. The van der Waals surface area contributed by atoms with Crippen molar-refractivity contribution in [1.29, 1.82) is 5.26 Å².